The lowest BCUT2D eigenvalue weighted by Gasteiger charge is -2.25. The minimum atomic E-state index is -3.66. The standard InChI is InChI=1S/C10H11NO7S/c1-16-19(14,15)6-8-5-17-10-4-7(11(12)13)2-3-9(10)18-8/h2-4,8H,5-6H2,1H3. The van der Waals surface area contributed by atoms with Gasteiger partial charge in [-0.15, -0.1) is 0 Å². The molecule has 0 fully saturated rings. The highest BCUT2D eigenvalue weighted by atomic mass is 32.2. The molecule has 0 saturated carbocycles. The van der Waals surface area contributed by atoms with Crippen LogP contribution in [0, 0.1) is 10.1 Å². The van der Waals surface area contributed by atoms with E-state index in [-0.39, 0.29) is 29.5 Å². The van der Waals surface area contributed by atoms with Crippen molar-refractivity contribution in [2.75, 3.05) is 19.5 Å². The Balaban J connectivity index is 2.15. The lowest BCUT2D eigenvalue weighted by Crippen LogP contribution is -2.35. The molecule has 1 aromatic carbocycles. The molecule has 1 atom stereocenters. The maximum absolute atomic E-state index is 11.3. The Morgan fingerprint density at radius 2 is 2.21 bits per heavy atom. The van der Waals surface area contributed by atoms with Crippen LogP contribution in [-0.2, 0) is 14.3 Å². The Hall–Kier alpha value is -1.87. The molecule has 1 aliphatic rings. The molecule has 1 unspecified atom stereocenters. The molecule has 104 valence electrons. The van der Waals surface area contributed by atoms with E-state index in [1.807, 2.05) is 0 Å². The van der Waals surface area contributed by atoms with E-state index in [1.165, 1.54) is 18.2 Å². The second-order valence-corrected chi connectivity index (χ2v) is 5.61. The van der Waals surface area contributed by atoms with Crippen molar-refractivity contribution < 1.29 is 27.0 Å². The summed E-state index contributed by atoms with van der Waals surface area (Å²) in [7, 11) is -2.59. The van der Waals surface area contributed by atoms with Gasteiger partial charge >= 0.3 is 0 Å². The number of nitrogens with zero attached hydrogens (tertiary/aromatic N) is 1. The third kappa shape index (κ3) is 3.12. The Morgan fingerprint density at radius 1 is 1.47 bits per heavy atom. The number of rotatable bonds is 4. The summed E-state index contributed by atoms with van der Waals surface area (Å²) in [6.07, 6.45) is -0.709. The average Bonchev–Trinajstić information content (AvgIpc) is 2.37. The number of nitro benzene ring substituents is 1. The van der Waals surface area contributed by atoms with Gasteiger partial charge in [0.15, 0.2) is 11.5 Å². The molecular formula is C10H11NO7S. The first-order chi connectivity index (χ1) is 8.91. The van der Waals surface area contributed by atoms with E-state index in [0.29, 0.717) is 0 Å². The number of hydrogen-bond donors (Lipinski definition) is 0. The lowest BCUT2D eigenvalue weighted by atomic mass is 10.2. The molecule has 0 N–H and O–H groups in total. The van der Waals surface area contributed by atoms with E-state index in [0.717, 1.165) is 7.11 Å². The molecule has 0 radical (unpaired) electrons. The van der Waals surface area contributed by atoms with Gasteiger partial charge in [0.1, 0.15) is 18.5 Å². The van der Waals surface area contributed by atoms with Gasteiger partial charge in [0.25, 0.3) is 15.8 Å². The average molecular weight is 289 g/mol. The van der Waals surface area contributed by atoms with Crippen LogP contribution in [0.3, 0.4) is 0 Å². The fourth-order valence-corrected chi connectivity index (χ4v) is 2.35. The molecule has 8 nitrogen and oxygen atoms in total. The summed E-state index contributed by atoms with van der Waals surface area (Å²) in [4.78, 5) is 10.0. The topological polar surface area (TPSA) is 105 Å². The zero-order valence-corrected chi connectivity index (χ0v) is 10.8. The summed E-state index contributed by atoms with van der Waals surface area (Å²) < 4.78 is 37.5. The number of non-ortho nitro benzene ring substituents is 1. The minimum Gasteiger partial charge on any atom is -0.486 e. The van der Waals surface area contributed by atoms with Gasteiger partial charge in [-0.05, 0) is 6.07 Å². The third-order valence-corrected chi connectivity index (χ3v) is 3.79. The van der Waals surface area contributed by atoms with Crippen LogP contribution in [0.25, 0.3) is 0 Å². The van der Waals surface area contributed by atoms with Gasteiger partial charge in [-0.1, -0.05) is 0 Å². The van der Waals surface area contributed by atoms with Crippen LogP contribution in [0.2, 0.25) is 0 Å². The molecule has 9 heteroatoms. The molecule has 0 aliphatic carbocycles. The number of nitro groups is 1. The Kier molecular flexibility index (Phi) is 3.58. The molecule has 1 heterocycles. The van der Waals surface area contributed by atoms with Gasteiger partial charge in [0.2, 0.25) is 0 Å². The van der Waals surface area contributed by atoms with Gasteiger partial charge in [0.05, 0.1) is 18.1 Å². The summed E-state index contributed by atoms with van der Waals surface area (Å²) in [5, 5.41) is 10.6. The Morgan fingerprint density at radius 3 is 2.84 bits per heavy atom. The summed E-state index contributed by atoms with van der Waals surface area (Å²) in [5.74, 6) is 0.147. The second kappa shape index (κ2) is 5.02. The summed E-state index contributed by atoms with van der Waals surface area (Å²) in [6, 6.07) is 3.87. The van der Waals surface area contributed by atoms with Crippen molar-refractivity contribution in [2.45, 2.75) is 6.10 Å². The van der Waals surface area contributed by atoms with Crippen LogP contribution < -0.4 is 9.47 Å². The Bertz CT molecular complexity index is 598. The highest BCUT2D eigenvalue weighted by molar-refractivity contribution is 7.86. The fraction of sp³-hybridized carbons (Fsp3) is 0.400. The molecule has 1 aromatic rings. The second-order valence-electron chi connectivity index (χ2n) is 3.83. The van der Waals surface area contributed by atoms with E-state index in [2.05, 4.69) is 4.18 Å². The molecule has 19 heavy (non-hydrogen) atoms. The maximum atomic E-state index is 11.3. The van der Waals surface area contributed by atoms with Crippen molar-refractivity contribution in [3.8, 4) is 11.5 Å². The SMILES string of the molecule is COS(=O)(=O)CC1COc2cc([N+](=O)[O-])ccc2O1. The normalized spacial score (nSPS) is 18.1. The van der Waals surface area contributed by atoms with Crippen molar-refractivity contribution in [3.63, 3.8) is 0 Å². The van der Waals surface area contributed by atoms with Crippen LogP contribution in [0.4, 0.5) is 5.69 Å². The van der Waals surface area contributed by atoms with Crippen molar-refractivity contribution in [3.05, 3.63) is 28.3 Å². The molecule has 0 spiro atoms. The first kappa shape index (κ1) is 13.6. The predicted octanol–water partition coefficient (Wildman–Crippen LogP) is 0.711. The molecule has 2 rings (SSSR count). The van der Waals surface area contributed by atoms with Gasteiger partial charge < -0.3 is 9.47 Å². The Labute approximate surface area is 109 Å². The molecule has 0 amide bonds. The van der Waals surface area contributed by atoms with Crippen LogP contribution in [-0.4, -0.2) is 38.9 Å². The third-order valence-electron chi connectivity index (χ3n) is 2.50. The maximum Gasteiger partial charge on any atom is 0.273 e. The van der Waals surface area contributed by atoms with Crippen molar-refractivity contribution in [2.24, 2.45) is 0 Å². The fourth-order valence-electron chi connectivity index (χ4n) is 1.59. The van der Waals surface area contributed by atoms with Crippen LogP contribution in [0.5, 0.6) is 11.5 Å². The highest BCUT2D eigenvalue weighted by Gasteiger charge is 2.27. The van der Waals surface area contributed by atoms with Gasteiger partial charge in [-0.25, -0.2) is 0 Å². The summed E-state index contributed by atoms with van der Waals surface area (Å²) in [6.45, 7) is -0.0171. The largest absolute Gasteiger partial charge is 0.486 e. The molecule has 1 aliphatic heterocycles. The predicted molar refractivity (Wildman–Crippen MR) is 63.8 cm³/mol. The van der Waals surface area contributed by atoms with Crippen LogP contribution in [0.15, 0.2) is 18.2 Å². The van der Waals surface area contributed by atoms with E-state index in [9.17, 15) is 18.5 Å². The van der Waals surface area contributed by atoms with E-state index in [4.69, 9.17) is 9.47 Å². The van der Waals surface area contributed by atoms with Gasteiger partial charge in [-0.2, -0.15) is 8.42 Å². The molecular weight excluding hydrogens is 278 g/mol. The van der Waals surface area contributed by atoms with Crippen LogP contribution >= 0.6 is 0 Å². The van der Waals surface area contributed by atoms with Crippen molar-refractivity contribution in [1.82, 2.24) is 0 Å². The zero-order valence-electron chi connectivity index (χ0n) is 9.94. The quantitative estimate of drug-likeness (QED) is 0.456. The van der Waals surface area contributed by atoms with Gasteiger partial charge in [-0.3, -0.25) is 14.3 Å². The first-order valence-electron chi connectivity index (χ1n) is 5.27. The molecule has 0 bridgehead atoms. The van der Waals surface area contributed by atoms with E-state index < -0.39 is 21.1 Å². The number of benzene rings is 1. The van der Waals surface area contributed by atoms with Crippen molar-refractivity contribution in [1.29, 1.82) is 0 Å². The summed E-state index contributed by atoms with van der Waals surface area (Å²) >= 11 is 0. The van der Waals surface area contributed by atoms with E-state index in [1.54, 1.807) is 0 Å². The first-order valence-corrected chi connectivity index (χ1v) is 6.85. The van der Waals surface area contributed by atoms with E-state index >= 15 is 0 Å². The van der Waals surface area contributed by atoms with Crippen LogP contribution in [0.1, 0.15) is 0 Å². The monoisotopic (exact) mass is 289 g/mol. The van der Waals surface area contributed by atoms with Gasteiger partial charge in [0, 0.05) is 6.07 Å². The number of hydrogen-bond acceptors (Lipinski definition) is 7. The lowest BCUT2D eigenvalue weighted by molar-refractivity contribution is -0.385. The number of fused-ring (bicyclic) bond motifs is 1. The number of ether oxygens (including phenoxy) is 2. The smallest absolute Gasteiger partial charge is 0.273 e. The highest BCUT2D eigenvalue weighted by Crippen LogP contribution is 2.35. The molecule has 0 aromatic heterocycles. The molecule has 0 saturated heterocycles. The zero-order chi connectivity index (χ0) is 14.0. The minimum absolute atomic E-state index is 0.0171. The summed E-state index contributed by atoms with van der Waals surface area (Å²) in [5.41, 5.74) is -0.120. The van der Waals surface area contributed by atoms with Crippen molar-refractivity contribution >= 4 is 15.8 Å².